The van der Waals surface area contributed by atoms with Gasteiger partial charge in [-0.2, -0.15) is 0 Å². The van der Waals surface area contributed by atoms with Crippen LogP contribution in [0.3, 0.4) is 0 Å². The van der Waals surface area contributed by atoms with Crippen molar-refractivity contribution in [2.24, 2.45) is 0 Å². The van der Waals surface area contributed by atoms with Crippen LogP contribution in [-0.2, 0) is 0 Å². The summed E-state index contributed by atoms with van der Waals surface area (Å²) in [7, 11) is 0. The Kier molecular flexibility index (Phi) is 5.82. The minimum atomic E-state index is -0.0780. The molecule has 0 saturated carbocycles. The van der Waals surface area contributed by atoms with Crippen LogP contribution in [0.4, 0.5) is 0 Å². The van der Waals surface area contributed by atoms with E-state index in [-0.39, 0.29) is 17.9 Å². The Hall–Kier alpha value is -1.39. The van der Waals surface area contributed by atoms with E-state index in [1.165, 1.54) is 0 Å². The summed E-state index contributed by atoms with van der Waals surface area (Å²) < 4.78 is 5.89. The number of nitrogens with one attached hydrogen (secondary N) is 1. The third-order valence-corrected chi connectivity index (χ3v) is 4.74. The van der Waals surface area contributed by atoms with Gasteiger partial charge in [0.15, 0.2) is 5.78 Å². The van der Waals surface area contributed by atoms with Gasteiger partial charge in [-0.15, -0.1) is 0 Å². The number of piperazine rings is 1. The molecule has 1 aromatic carbocycles. The molecule has 1 saturated heterocycles. The molecule has 0 radical (unpaired) electrons. The Bertz CT molecular complexity index is 575. The summed E-state index contributed by atoms with van der Waals surface area (Å²) >= 11 is 0. The molecule has 0 aliphatic carbocycles. The van der Waals surface area contributed by atoms with Gasteiger partial charge < -0.3 is 10.1 Å². The average molecular weight is 318 g/mol. The Morgan fingerprint density at radius 2 is 1.74 bits per heavy atom. The van der Waals surface area contributed by atoms with Crippen LogP contribution < -0.4 is 10.1 Å². The van der Waals surface area contributed by atoms with Crippen molar-refractivity contribution < 1.29 is 9.53 Å². The molecule has 1 aromatic rings. The molecule has 0 bridgehead atoms. The van der Waals surface area contributed by atoms with Gasteiger partial charge in [-0.1, -0.05) is 0 Å². The monoisotopic (exact) mass is 318 g/mol. The Morgan fingerprint density at radius 1 is 1.13 bits per heavy atom. The molecule has 1 heterocycles. The van der Waals surface area contributed by atoms with Crippen LogP contribution in [0.5, 0.6) is 5.75 Å². The number of hydrogen-bond donors (Lipinski definition) is 1. The van der Waals surface area contributed by atoms with Gasteiger partial charge in [-0.25, -0.2) is 0 Å². The van der Waals surface area contributed by atoms with E-state index in [2.05, 4.69) is 10.2 Å². The number of carbonyl (C=O) groups excluding carboxylic acids is 1. The summed E-state index contributed by atoms with van der Waals surface area (Å²) in [5.74, 6) is 1.11. The Labute approximate surface area is 140 Å². The van der Waals surface area contributed by atoms with Gasteiger partial charge in [0.1, 0.15) is 5.75 Å². The first-order valence-electron chi connectivity index (χ1n) is 8.59. The number of carbonyl (C=O) groups is 1. The van der Waals surface area contributed by atoms with Crippen LogP contribution in [0.25, 0.3) is 0 Å². The zero-order valence-electron chi connectivity index (χ0n) is 15.3. The van der Waals surface area contributed by atoms with E-state index in [1.807, 2.05) is 47.6 Å². The quantitative estimate of drug-likeness (QED) is 0.848. The first-order valence-corrected chi connectivity index (χ1v) is 8.59. The molecule has 4 nitrogen and oxygen atoms in total. The van der Waals surface area contributed by atoms with Crippen LogP contribution in [-0.4, -0.2) is 49.0 Å². The lowest BCUT2D eigenvalue weighted by molar-refractivity contribution is 0.0818. The molecule has 128 valence electrons. The van der Waals surface area contributed by atoms with Crippen LogP contribution in [0, 0.1) is 20.8 Å². The smallest absolute Gasteiger partial charge is 0.180 e. The van der Waals surface area contributed by atoms with Crippen molar-refractivity contribution in [1.82, 2.24) is 10.2 Å². The highest BCUT2D eigenvalue weighted by Crippen LogP contribution is 2.29. The molecule has 0 spiro atoms. The number of Topliss-reactive ketones (excluding diaryl/α,β-unsaturated/α-hetero) is 1. The first kappa shape index (κ1) is 18.0. The maximum Gasteiger partial charge on any atom is 0.180 e. The summed E-state index contributed by atoms with van der Waals surface area (Å²) in [5, 5.41) is 3.34. The number of aryl methyl sites for hydroxylation is 1. The maximum atomic E-state index is 13.1. The maximum absolute atomic E-state index is 13.1. The summed E-state index contributed by atoms with van der Waals surface area (Å²) in [6.07, 6.45) is 0.133. The normalized spacial score (nSPS) is 17.3. The Balaban J connectivity index is 2.31. The molecular formula is C19H30N2O2. The minimum absolute atomic E-state index is 0.0780. The van der Waals surface area contributed by atoms with Gasteiger partial charge >= 0.3 is 0 Å². The van der Waals surface area contributed by atoms with Gasteiger partial charge in [0.05, 0.1) is 12.1 Å². The molecule has 1 aliphatic heterocycles. The van der Waals surface area contributed by atoms with Gasteiger partial charge in [0.2, 0.25) is 0 Å². The third kappa shape index (κ3) is 3.93. The predicted octanol–water partition coefficient (Wildman–Crippen LogP) is 2.88. The van der Waals surface area contributed by atoms with E-state index in [0.29, 0.717) is 0 Å². The van der Waals surface area contributed by atoms with Crippen LogP contribution >= 0.6 is 0 Å². The van der Waals surface area contributed by atoms with Crippen LogP contribution in [0.1, 0.15) is 47.8 Å². The fraction of sp³-hybridized carbons (Fsp3) is 0.632. The highest BCUT2D eigenvalue weighted by Gasteiger charge is 2.27. The fourth-order valence-electron chi connectivity index (χ4n) is 3.24. The number of ether oxygens (including phenoxy) is 1. The predicted molar refractivity (Wildman–Crippen MR) is 94.7 cm³/mol. The third-order valence-electron chi connectivity index (χ3n) is 4.74. The SMILES string of the molecule is Cc1cc(OC(C)C)c(C)c(C)c1C(=O)C(C)N1CCNCC1. The largest absolute Gasteiger partial charge is 0.491 e. The van der Waals surface area contributed by atoms with E-state index in [9.17, 15) is 4.79 Å². The number of hydrogen-bond acceptors (Lipinski definition) is 4. The highest BCUT2D eigenvalue weighted by molar-refractivity contribution is 6.02. The molecule has 1 aliphatic rings. The highest BCUT2D eigenvalue weighted by atomic mass is 16.5. The molecule has 0 aromatic heterocycles. The lowest BCUT2D eigenvalue weighted by atomic mass is 9.91. The van der Waals surface area contributed by atoms with Crippen molar-refractivity contribution in [3.63, 3.8) is 0 Å². The van der Waals surface area contributed by atoms with E-state index in [1.54, 1.807) is 0 Å². The number of rotatable bonds is 5. The van der Waals surface area contributed by atoms with E-state index < -0.39 is 0 Å². The van der Waals surface area contributed by atoms with Gasteiger partial charge in [-0.05, 0) is 64.3 Å². The number of ketones is 1. The first-order chi connectivity index (χ1) is 10.8. The van der Waals surface area contributed by atoms with Gasteiger partial charge in [0.25, 0.3) is 0 Å². The summed E-state index contributed by atoms with van der Waals surface area (Å²) in [6.45, 7) is 15.9. The molecular weight excluding hydrogens is 288 g/mol. The summed E-state index contributed by atoms with van der Waals surface area (Å²) in [6, 6.07) is 1.94. The second-order valence-corrected chi connectivity index (χ2v) is 6.81. The Morgan fingerprint density at radius 3 is 2.30 bits per heavy atom. The number of benzene rings is 1. The molecule has 4 heteroatoms. The van der Waals surface area contributed by atoms with Crippen molar-refractivity contribution in [2.45, 2.75) is 53.7 Å². The topological polar surface area (TPSA) is 41.6 Å². The van der Waals surface area contributed by atoms with E-state index >= 15 is 0 Å². The average Bonchev–Trinajstić information content (AvgIpc) is 2.52. The second-order valence-electron chi connectivity index (χ2n) is 6.81. The summed E-state index contributed by atoms with van der Waals surface area (Å²) in [4.78, 5) is 15.3. The van der Waals surface area contributed by atoms with Crippen molar-refractivity contribution >= 4 is 5.78 Å². The van der Waals surface area contributed by atoms with E-state index in [0.717, 1.165) is 54.2 Å². The number of nitrogens with zero attached hydrogens (tertiary/aromatic N) is 1. The fourth-order valence-corrected chi connectivity index (χ4v) is 3.24. The molecule has 1 atom stereocenters. The van der Waals surface area contributed by atoms with Crippen molar-refractivity contribution in [3.05, 3.63) is 28.3 Å². The summed E-state index contributed by atoms with van der Waals surface area (Å²) in [5.41, 5.74) is 3.99. The zero-order chi connectivity index (χ0) is 17.1. The molecule has 1 N–H and O–H groups in total. The zero-order valence-corrected chi connectivity index (χ0v) is 15.3. The van der Waals surface area contributed by atoms with Crippen molar-refractivity contribution in [3.8, 4) is 5.75 Å². The second kappa shape index (κ2) is 7.45. The molecule has 23 heavy (non-hydrogen) atoms. The minimum Gasteiger partial charge on any atom is -0.491 e. The molecule has 0 amide bonds. The standard InChI is InChI=1S/C19H30N2O2/c1-12(2)23-17-11-13(3)18(15(5)14(17)4)19(22)16(6)21-9-7-20-8-10-21/h11-12,16,20H,7-10H2,1-6H3. The van der Waals surface area contributed by atoms with Crippen molar-refractivity contribution in [2.75, 3.05) is 26.2 Å². The van der Waals surface area contributed by atoms with Crippen LogP contribution in [0.2, 0.25) is 0 Å². The molecule has 2 rings (SSSR count). The van der Waals surface area contributed by atoms with E-state index in [4.69, 9.17) is 4.74 Å². The lowest BCUT2D eigenvalue weighted by Crippen LogP contribution is -2.50. The molecule has 1 fully saturated rings. The van der Waals surface area contributed by atoms with Crippen LogP contribution in [0.15, 0.2) is 6.07 Å². The lowest BCUT2D eigenvalue weighted by Gasteiger charge is -2.32. The molecule has 1 unspecified atom stereocenters. The van der Waals surface area contributed by atoms with Crippen molar-refractivity contribution in [1.29, 1.82) is 0 Å². The van der Waals surface area contributed by atoms with Gasteiger partial charge in [-0.3, -0.25) is 9.69 Å². The van der Waals surface area contributed by atoms with Gasteiger partial charge in [0, 0.05) is 31.7 Å².